The molecule has 0 aliphatic heterocycles. The first-order valence-corrected chi connectivity index (χ1v) is 9.37. The summed E-state index contributed by atoms with van der Waals surface area (Å²) in [5.74, 6) is 1.23. The van der Waals surface area contributed by atoms with Crippen molar-refractivity contribution in [3.63, 3.8) is 0 Å². The molecular weight excluding hydrogens is 386 g/mol. The van der Waals surface area contributed by atoms with Crippen LogP contribution in [0, 0.1) is 0 Å². The molecule has 0 fully saturated rings. The highest BCUT2D eigenvalue weighted by atomic mass is 79.9. The summed E-state index contributed by atoms with van der Waals surface area (Å²) < 4.78 is 2.77. The fourth-order valence-corrected chi connectivity index (χ4v) is 3.38. The second kappa shape index (κ2) is 8.17. The minimum Gasteiger partial charge on any atom is -0.325 e. The summed E-state index contributed by atoms with van der Waals surface area (Å²) in [6.07, 6.45) is 3.67. The Morgan fingerprint density at radius 2 is 2.00 bits per heavy atom. The zero-order chi connectivity index (χ0) is 16.8. The Bertz CT molecular complexity index is 803. The van der Waals surface area contributed by atoms with Gasteiger partial charge in [-0.25, -0.2) is 4.68 Å². The van der Waals surface area contributed by atoms with Crippen LogP contribution in [0.5, 0.6) is 0 Å². The Hall–Kier alpha value is -2.05. The van der Waals surface area contributed by atoms with Crippen LogP contribution in [0.15, 0.2) is 71.5 Å². The van der Waals surface area contributed by atoms with Crippen molar-refractivity contribution in [2.75, 3.05) is 11.1 Å². The third kappa shape index (κ3) is 4.72. The molecule has 0 aliphatic carbocycles. The van der Waals surface area contributed by atoms with Crippen molar-refractivity contribution in [2.24, 2.45) is 0 Å². The number of thioether (sulfide) groups is 1. The highest BCUT2D eigenvalue weighted by molar-refractivity contribution is 9.10. The molecule has 1 N–H and O–H groups in total. The number of benzene rings is 2. The van der Waals surface area contributed by atoms with Gasteiger partial charge in [-0.05, 0) is 42.0 Å². The number of anilines is 1. The molecule has 0 saturated heterocycles. The van der Waals surface area contributed by atoms with E-state index in [-0.39, 0.29) is 5.91 Å². The molecule has 6 heteroatoms. The molecule has 0 bridgehead atoms. The van der Waals surface area contributed by atoms with Gasteiger partial charge in [0, 0.05) is 28.3 Å². The molecule has 2 aromatic carbocycles. The van der Waals surface area contributed by atoms with E-state index in [4.69, 9.17) is 0 Å². The first-order chi connectivity index (χ1) is 11.7. The van der Waals surface area contributed by atoms with Gasteiger partial charge in [0.2, 0.25) is 5.91 Å². The van der Waals surface area contributed by atoms with Gasteiger partial charge in [0.15, 0.2) is 0 Å². The van der Waals surface area contributed by atoms with Crippen LogP contribution in [0.1, 0.15) is 5.56 Å². The van der Waals surface area contributed by atoms with Crippen molar-refractivity contribution < 1.29 is 4.79 Å². The molecule has 0 spiro atoms. The summed E-state index contributed by atoms with van der Waals surface area (Å²) in [6, 6.07) is 17.7. The quantitative estimate of drug-likeness (QED) is 0.660. The molecule has 24 heavy (non-hydrogen) atoms. The molecule has 3 rings (SSSR count). The normalized spacial score (nSPS) is 10.5. The number of halogens is 1. The summed E-state index contributed by atoms with van der Waals surface area (Å²) in [6.45, 7) is 0. The summed E-state index contributed by atoms with van der Waals surface area (Å²) in [4.78, 5) is 12.0. The van der Waals surface area contributed by atoms with Gasteiger partial charge in [-0.15, -0.1) is 11.8 Å². The monoisotopic (exact) mass is 401 g/mol. The summed E-state index contributed by atoms with van der Waals surface area (Å²) in [5.41, 5.74) is 3.02. The third-order valence-corrected chi connectivity index (χ3v) is 4.81. The van der Waals surface area contributed by atoms with Crippen LogP contribution in [0.3, 0.4) is 0 Å². The average Bonchev–Trinajstić information content (AvgIpc) is 3.10. The van der Waals surface area contributed by atoms with Crippen LogP contribution in [0.4, 0.5) is 5.69 Å². The third-order valence-electron chi connectivity index (χ3n) is 3.32. The molecule has 4 nitrogen and oxygen atoms in total. The van der Waals surface area contributed by atoms with E-state index < -0.39 is 0 Å². The van der Waals surface area contributed by atoms with E-state index in [0.717, 1.165) is 21.6 Å². The Balaban J connectivity index is 1.47. The lowest BCUT2D eigenvalue weighted by Crippen LogP contribution is -2.14. The number of hydrogen-bond acceptors (Lipinski definition) is 3. The van der Waals surface area contributed by atoms with E-state index in [1.54, 1.807) is 18.0 Å². The van der Waals surface area contributed by atoms with Crippen LogP contribution in [-0.2, 0) is 10.5 Å². The van der Waals surface area contributed by atoms with Crippen molar-refractivity contribution in [2.45, 2.75) is 5.75 Å². The fourth-order valence-electron chi connectivity index (χ4n) is 2.19. The molecular formula is C18H16BrN3OS. The van der Waals surface area contributed by atoms with Crippen molar-refractivity contribution >= 4 is 39.3 Å². The number of hydrogen-bond donors (Lipinski definition) is 1. The van der Waals surface area contributed by atoms with Crippen LogP contribution in [0.2, 0.25) is 0 Å². The molecule has 0 aliphatic rings. The van der Waals surface area contributed by atoms with Gasteiger partial charge in [0.1, 0.15) is 0 Å². The Morgan fingerprint density at radius 3 is 2.71 bits per heavy atom. The highest BCUT2D eigenvalue weighted by Crippen LogP contribution is 2.17. The molecule has 1 heterocycles. The molecule has 0 unspecified atom stereocenters. The maximum atomic E-state index is 12.0. The fraction of sp³-hybridized carbons (Fsp3) is 0.111. The van der Waals surface area contributed by atoms with E-state index in [1.807, 2.05) is 53.3 Å². The lowest BCUT2D eigenvalue weighted by molar-refractivity contribution is -0.113. The predicted octanol–water partition coefficient (Wildman–Crippen LogP) is 4.51. The summed E-state index contributed by atoms with van der Waals surface area (Å²) in [5, 5.41) is 7.10. The van der Waals surface area contributed by atoms with Crippen molar-refractivity contribution in [1.29, 1.82) is 0 Å². The predicted molar refractivity (Wildman–Crippen MR) is 102 cm³/mol. The number of aromatic nitrogens is 2. The number of amides is 1. The Labute approximate surface area is 153 Å². The number of nitrogens with zero attached hydrogens (tertiary/aromatic N) is 2. The molecule has 1 amide bonds. The standard InChI is InChI=1S/C18H16BrN3OS/c19-15-3-1-4-16(11-15)21-18(23)13-24-12-14-5-7-17(8-6-14)22-10-2-9-20-22/h1-11H,12-13H2,(H,21,23). The molecule has 0 radical (unpaired) electrons. The van der Waals surface area contributed by atoms with Crippen molar-refractivity contribution in [3.8, 4) is 5.69 Å². The number of carbonyl (C=O) groups is 1. The van der Waals surface area contributed by atoms with Gasteiger partial charge in [0.05, 0.1) is 11.4 Å². The maximum Gasteiger partial charge on any atom is 0.234 e. The summed E-state index contributed by atoms with van der Waals surface area (Å²) >= 11 is 4.99. The average molecular weight is 402 g/mol. The van der Waals surface area contributed by atoms with Gasteiger partial charge in [-0.3, -0.25) is 4.79 Å². The lowest BCUT2D eigenvalue weighted by atomic mass is 10.2. The molecule has 0 atom stereocenters. The highest BCUT2D eigenvalue weighted by Gasteiger charge is 2.04. The molecule has 0 saturated carbocycles. The Morgan fingerprint density at radius 1 is 1.17 bits per heavy atom. The van der Waals surface area contributed by atoms with Crippen LogP contribution in [-0.4, -0.2) is 21.4 Å². The van der Waals surface area contributed by atoms with E-state index in [1.165, 1.54) is 5.56 Å². The van der Waals surface area contributed by atoms with Crippen LogP contribution >= 0.6 is 27.7 Å². The van der Waals surface area contributed by atoms with Gasteiger partial charge >= 0.3 is 0 Å². The number of carbonyl (C=O) groups excluding carboxylic acids is 1. The second-order valence-corrected chi connectivity index (χ2v) is 7.07. The number of nitrogens with one attached hydrogen (secondary N) is 1. The smallest absolute Gasteiger partial charge is 0.234 e. The molecule has 122 valence electrons. The first-order valence-electron chi connectivity index (χ1n) is 7.43. The maximum absolute atomic E-state index is 12.0. The van der Waals surface area contributed by atoms with Crippen LogP contribution < -0.4 is 5.32 Å². The zero-order valence-electron chi connectivity index (χ0n) is 12.9. The second-order valence-electron chi connectivity index (χ2n) is 5.17. The lowest BCUT2D eigenvalue weighted by Gasteiger charge is -2.06. The largest absolute Gasteiger partial charge is 0.325 e. The van der Waals surface area contributed by atoms with Gasteiger partial charge in [-0.2, -0.15) is 5.10 Å². The Kier molecular flexibility index (Phi) is 5.72. The van der Waals surface area contributed by atoms with Crippen molar-refractivity contribution in [3.05, 3.63) is 77.0 Å². The minimum absolute atomic E-state index is 0.00580. The van der Waals surface area contributed by atoms with Gasteiger partial charge in [-0.1, -0.05) is 34.1 Å². The molecule has 3 aromatic rings. The van der Waals surface area contributed by atoms with E-state index in [0.29, 0.717) is 5.75 Å². The molecule has 1 aromatic heterocycles. The number of rotatable bonds is 6. The van der Waals surface area contributed by atoms with E-state index >= 15 is 0 Å². The SMILES string of the molecule is O=C(CSCc1ccc(-n2cccn2)cc1)Nc1cccc(Br)c1. The van der Waals surface area contributed by atoms with Gasteiger partial charge < -0.3 is 5.32 Å². The first kappa shape index (κ1) is 16.8. The van der Waals surface area contributed by atoms with Crippen molar-refractivity contribution in [1.82, 2.24) is 9.78 Å². The van der Waals surface area contributed by atoms with Crippen LogP contribution in [0.25, 0.3) is 5.69 Å². The van der Waals surface area contributed by atoms with Gasteiger partial charge in [0.25, 0.3) is 0 Å². The zero-order valence-corrected chi connectivity index (χ0v) is 15.3. The minimum atomic E-state index is 0.00580. The van der Waals surface area contributed by atoms with E-state index in [2.05, 4.69) is 38.5 Å². The summed E-state index contributed by atoms with van der Waals surface area (Å²) in [7, 11) is 0. The van der Waals surface area contributed by atoms with E-state index in [9.17, 15) is 4.79 Å². The topological polar surface area (TPSA) is 46.9 Å².